The number of allylic oxidation sites excluding steroid dienone is 1. The lowest BCUT2D eigenvalue weighted by atomic mass is 10.0. The van der Waals surface area contributed by atoms with Gasteiger partial charge in [0.05, 0.1) is 0 Å². The Morgan fingerprint density at radius 3 is 3.09 bits per heavy atom. The number of hydrogen-bond donors (Lipinski definition) is 2. The van der Waals surface area contributed by atoms with Crippen LogP contribution in [0.2, 0.25) is 0 Å². The van der Waals surface area contributed by atoms with Crippen molar-refractivity contribution in [3.8, 4) is 0 Å². The van der Waals surface area contributed by atoms with Crippen molar-refractivity contribution in [1.29, 1.82) is 0 Å². The van der Waals surface area contributed by atoms with Crippen molar-refractivity contribution < 1.29 is 9.90 Å². The Morgan fingerprint density at radius 1 is 1.64 bits per heavy atom. The molecule has 60 valence electrons. The number of carboxylic acids is 1. The Morgan fingerprint density at radius 2 is 2.45 bits per heavy atom. The highest BCUT2D eigenvalue weighted by atomic mass is 16.4. The lowest BCUT2D eigenvalue weighted by Gasteiger charge is -2.05. The SMILES string of the molecule is O=C(O)C1C[C@H]2CC=C[C@H]2N1. The van der Waals surface area contributed by atoms with E-state index in [-0.39, 0.29) is 6.04 Å². The number of rotatable bonds is 1. The van der Waals surface area contributed by atoms with Gasteiger partial charge in [-0.15, -0.1) is 0 Å². The van der Waals surface area contributed by atoms with Crippen LogP contribution in [0.5, 0.6) is 0 Å². The highest BCUT2D eigenvalue weighted by Gasteiger charge is 2.37. The van der Waals surface area contributed by atoms with Crippen molar-refractivity contribution in [3.05, 3.63) is 12.2 Å². The molecular weight excluding hydrogens is 142 g/mol. The molecule has 0 spiro atoms. The first kappa shape index (κ1) is 6.85. The number of nitrogens with one attached hydrogen (secondary N) is 1. The molecule has 1 fully saturated rings. The summed E-state index contributed by atoms with van der Waals surface area (Å²) in [5.41, 5.74) is 0. The Bertz CT molecular complexity index is 212. The number of hydrogen-bond acceptors (Lipinski definition) is 2. The van der Waals surface area contributed by atoms with Gasteiger partial charge in [-0.2, -0.15) is 0 Å². The zero-order valence-corrected chi connectivity index (χ0v) is 6.16. The number of aliphatic carboxylic acids is 1. The standard InChI is InChI=1S/C8H11NO2/c10-8(11)7-4-5-2-1-3-6(5)9-7/h1,3,5-7,9H,2,4H2,(H,10,11)/t5-,6-,7?/m1/s1. The molecule has 0 saturated carbocycles. The molecule has 3 atom stereocenters. The first-order valence-corrected chi connectivity index (χ1v) is 3.93. The van der Waals surface area contributed by atoms with Crippen molar-refractivity contribution in [2.45, 2.75) is 24.9 Å². The van der Waals surface area contributed by atoms with Crippen LogP contribution < -0.4 is 5.32 Å². The van der Waals surface area contributed by atoms with Crippen LogP contribution in [0.25, 0.3) is 0 Å². The summed E-state index contributed by atoms with van der Waals surface area (Å²) in [5.74, 6) is -0.177. The molecule has 0 radical (unpaired) electrons. The van der Waals surface area contributed by atoms with Crippen molar-refractivity contribution >= 4 is 5.97 Å². The fourth-order valence-corrected chi connectivity index (χ4v) is 1.91. The third kappa shape index (κ3) is 1.05. The average molecular weight is 153 g/mol. The van der Waals surface area contributed by atoms with Crippen LogP contribution in [-0.4, -0.2) is 23.2 Å². The van der Waals surface area contributed by atoms with E-state index in [4.69, 9.17) is 5.11 Å². The molecule has 0 bridgehead atoms. The molecule has 2 N–H and O–H groups in total. The van der Waals surface area contributed by atoms with Gasteiger partial charge in [0, 0.05) is 6.04 Å². The molecule has 2 aliphatic rings. The number of carbonyl (C=O) groups is 1. The minimum Gasteiger partial charge on any atom is -0.480 e. The van der Waals surface area contributed by atoms with Crippen LogP contribution >= 0.6 is 0 Å². The minimum atomic E-state index is -0.715. The second-order valence-corrected chi connectivity index (χ2v) is 3.24. The highest BCUT2D eigenvalue weighted by Crippen LogP contribution is 2.29. The molecule has 3 nitrogen and oxygen atoms in total. The molecule has 0 amide bonds. The summed E-state index contributed by atoms with van der Waals surface area (Å²) in [7, 11) is 0. The Kier molecular flexibility index (Phi) is 1.46. The molecule has 11 heavy (non-hydrogen) atoms. The monoisotopic (exact) mass is 153 g/mol. The van der Waals surface area contributed by atoms with E-state index < -0.39 is 5.97 Å². The van der Waals surface area contributed by atoms with Gasteiger partial charge in [0.2, 0.25) is 0 Å². The third-order valence-corrected chi connectivity index (χ3v) is 2.52. The molecule has 0 aromatic carbocycles. The van der Waals surface area contributed by atoms with E-state index >= 15 is 0 Å². The van der Waals surface area contributed by atoms with Gasteiger partial charge in [0.1, 0.15) is 6.04 Å². The first-order valence-electron chi connectivity index (χ1n) is 3.93. The first-order chi connectivity index (χ1) is 5.27. The Labute approximate surface area is 65.1 Å². The van der Waals surface area contributed by atoms with Crippen LogP contribution in [0.1, 0.15) is 12.8 Å². The molecule has 0 aromatic heterocycles. The van der Waals surface area contributed by atoms with Crippen molar-refractivity contribution in [2.24, 2.45) is 5.92 Å². The van der Waals surface area contributed by atoms with Gasteiger partial charge in [-0.1, -0.05) is 12.2 Å². The third-order valence-electron chi connectivity index (χ3n) is 2.52. The van der Waals surface area contributed by atoms with Gasteiger partial charge < -0.3 is 5.11 Å². The van der Waals surface area contributed by atoms with Gasteiger partial charge in [0.15, 0.2) is 0 Å². The van der Waals surface area contributed by atoms with Gasteiger partial charge in [-0.25, -0.2) is 0 Å². The number of fused-ring (bicyclic) bond motifs is 1. The molecule has 1 heterocycles. The summed E-state index contributed by atoms with van der Waals surface area (Å²) in [4.78, 5) is 10.5. The molecule has 1 aliphatic carbocycles. The minimum absolute atomic E-state index is 0.310. The van der Waals surface area contributed by atoms with E-state index in [1.807, 2.05) is 0 Å². The van der Waals surface area contributed by atoms with Crippen LogP contribution in [0, 0.1) is 5.92 Å². The van der Waals surface area contributed by atoms with Gasteiger partial charge in [-0.3, -0.25) is 10.1 Å². The van der Waals surface area contributed by atoms with Crippen molar-refractivity contribution in [1.82, 2.24) is 5.32 Å². The van der Waals surface area contributed by atoms with Crippen LogP contribution in [0.4, 0.5) is 0 Å². The highest BCUT2D eigenvalue weighted by molar-refractivity contribution is 5.74. The normalized spacial score (nSPS) is 40.9. The molecular formula is C8H11NO2. The van der Waals surface area contributed by atoms with E-state index in [1.165, 1.54) is 0 Å². The maximum Gasteiger partial charge on any atom is 0.320 e. The lowest BCUT2D eigenvalue weighted by Crippen LogP contribution is -2.34. The summed E-state index contributed by atoms with van der Waals surface area (Å²) in [6, 6.07) is 0.0195. The molecule has 1 unspecified atom stereocenters. The van der Waals surface area contributed by atoms with E-state index in [9.17, 15) is 4.79 Å². The molecule has 0 aromatic rings. The largest absolute Gasteiger partial charge is 0.480 e. The van der Waals surface area contributed by atoms with Crippen LogP contribution in [-0.2, 0) is 4.79 Å². The Hall–Kier alpha value is -0.830. The average Bonchev–Trinajstić information content (AvgIpc) is 2.40. The molecule has 1 saturated heterocycles. The quantitative estimate of drug-likeness (QED) is 0.535. The maximum absolute atomic E-state index is 10.5. The fourth-order valence-electron chi connectivity index (χ4n) is 1.91. The second kappa shape index (κ2) is 2.34. The van der Waals surface area contributed by atoms with E-state index in [0.717, 1.165) is 12.8 Å². The zero-order chi connectivity index (χ0) is 7.84. The van der Waals surface area contributed by atoms with Gasteiger partial charge in [-0.05, 0) is 18.8 Å². The van der Waals surface area contributed by atoms with Crippen LogP contribution in [0.3, 0.4) is 0 Å². The summed E-state index contributed by atoms with van der Waals surface area (Å²) in [5, 5.41) is 11.7. The van der Waals surface area contributed by atoms with Gasteiger partial charge in [0.25, 0.3) is 0 Å². The molecule has 2 rings (SSSR count). The number of carboxylic acid groups (broad SMARTS) is 1. The summed E-state index contributed by atoms with van der Waals surface area (Å²) in [6.45, 7) is 0. The van der Waals surface area contributed by atoms with Crippen LogP contribution in [0.15, 0.2) is 12.2 Å². The van der Waals surface area contributed by atoms with E-state index in [1.54, 1.807) is 0 Å². The topological polar surface area (TPSA) is 49.3 Å². The van der Waals surface area contributed by atoms with E-state index in [0.29, 0.717) is 12.0 Å². The summed E-state index contributed by atoms with van der Waals surface area (Å²) >= 11 is 0. The van der Waals surface area contributed by atoms with Crippen molar-refractivity contribution in [2.75, 3.05) is 0 Å². The van der Waals surface area contributed by atoms with Crippen molar-refractivity contribution in [3.63, 3.8) is 0 Å². The Balaban J connectivity index is 2.04. The lowest BCUT2D eigenvalue weighted by molar-refractivity contribution is -0.139. The fraction of sp³-hybridized carbons (Fsp3) is 0.625. The van der Waals surface area contributed by atoms with E-state index in [2.05, 4.69) is 17.5 Å². The predicted octanol–water partition coefficient (Wildman–Crippen LogP) is 0.378. The van der Waals surface area contributed by atoms with Gasteiger partial charge >= 0.3 is 5.97 Å². The second-order valence-electron chi connectivity index (χ2n) is 3.24. The molecule has 3 heteroatoms. The molecule has 1 aliphatic heterocycles. The maximum atomic E-state index is 10.5. The predicted molar refractivity (Wildman–Crippen MR) is 40.2 cm³/mol. The summed E-state index contributed by atoms with van der Waals surface area (Å²) in [6.07, 6.45) is 6.03. The summed E-state index contributed by atoms with van der Waals surface area (Å²) < 4.78 is 0. The zero-order valence-electron chi connectivity index (χ0n) is 6.16. The smallest absolute Gasteiger partial charge is 0.320 e.